The topological polar surface area (TPSA) is 99.4 Å². The molecule has 0 spiro atoms. The molecule has 176 valence electrons. The van der Waals surface area contributed by atoms with E-state index in [0.29, 0.717) is 51.6 Å². The summed E-state index contributed by atoms with van der Waals surface area (Å²) in [5, 5.41) is 3.93. The fraction of sp³-hybridized carbons (Fsp3) is 0.148. The Hall–Kier alpha value is -4.64. The van der Waals surface area contributed by atoms with Crippen LogP contribution in [0.1, 0.15) is 24.0 Å². The van der Waals surface area contributed by atoms with Crippen molar-refractivity contribution >= 4 is 28.3 Å². The van der Waals surface area contributed by atoms with Crippen molar-refractivity contribution < 1.29 is 18.7 Å². The van der Waals surface area contributed by atoms with E-state index in [1.165, 1.54) is 12.4 Å². The molecule has 0 aliphatic rings. The number of carbonyl (C=O) groups is 1. The lowest BCUT2D eigenvalue weighted by molar-refractivity contribution is -0.117. The highest BCUT2D eigenvalue weighted by Crippen LogP contribution is 2.37. The Kier molecular flexibility index (Phi) is 7.07. The number of nitrogens with zero attached hydrogens (tertiary/aromatic N) is 2. The van der Waals surface area contributed by atoms with Crippen molar-refractivity contribution in [1.29, 1.82) is 0 Å². The van der Waals surface area contributed by atoms with Crippen molar-refractivity contribution in [3.63, 3.8) is 0 Å². The summed E-state index contributed by atoms with van der Waals surface area (Å²) in [6.07, 6.45) is 2.10. The molecule has 0 aliphatic heterocycles. The van der Waals surface area contributed by atoms with Crippen LogP contribution in [0.4, 0.5) is 15.9 Å². The minimum atomic E-state index is -0.371. The van der Waals surface area contributed by atoms with E-state index < -0.39 is 0 Å². The van der Waals surface area contributed by atoms with Gasteiger partial charge in [0.15, 0.2) is 11.5 Å². The van der Waals surface area contributed by atoms with Crippen molar-refractivity contribution in [2.45, 2.75) is 19.8 Å². The molecule has 0 fully saturated rings. The molecule has 0 aliphatic carbocycles. The average molecular weight is 471 g/mol. The molecule has 3 aromatic carbocycles. The summed E-state index contributed by atoms with van der Waals surface area (Å²) in [6.45, 7) is 1.70. The lowest BCUT2D eigenvalue weighted by Gasteiger charge is -2.14. The van der Waals surface area contributed by atoms with Crippen LogP contribution in [0.15, 0.2) is 60.9 Å². The first-order valence-electron chi connectivity index (χ1n) is 10.8. The van der Waals surface area contributed by atoms with E-state index in [-0.39, 0.29) is 18.1 Å². The number of aromatic nitrogens is 2. The van der Waals surface area contributed by atoms with Crippen LogP contribution in [-0.2, 0) is 4.79 Å². The van der Waals surface area contributed by atoms with E-state index in [9.17, 15) is 9.18 Å². The first kappa shape index (κ1) is 23.5. The summed E-state index contributed by atoms with van der Waals surface area (Å²) < 4.78 is 25.3. The number of fused-ring (bicyclic) bond motifs is 1. The van der Waals surface area contributed by atoms with Crippen molar-refractivity contribution in [2.24, 2.45) is 5.73 Å². The molecule has 3 N–H and O–H groups in total. The Morgan fingerprint density at radius 2 is 1.89 bits per heavy atom. The number of nitrogens with one attached hydrogen (secondary N) is 1. The van der Waals surface area contributed by atoms with Crippen LogP contribution in [0.25, 0.3) is 10.9 Å². The minimum absolute atomic E-state index is 0.233. The molecule has 4 rings (SSSR count). The molecule has 4 aromatic rings. The number of hydrogen-bond donors (Lipinski definition) is 2. The molecule has 8 heteroatoms. The molecule has 1 aromatic heterocycles. The third-order valence-corrected chi connectivity index (χ3v) is 5.15. The number of benzene rings is 3. The maximum atomic E-state index is 13.7. The van der Waals surface area contributed by atoms with Crippen LogP contribution < -0.4 is 20.5 Å². The van der Waals surface area contributed by atoms with Gasteiger partial charge in [-0.3, -0.25) is 4.79 Å². The zero-order valence-electron chi connectivity index (χ0n) is 19.3. The highest BCUT2D eigenvalue weighted by Gasteiger charge is 2.13. The quantitative estimate of drug-likeness (QED) is 0.359. The molecule has 0 radical (unpaired) electrons. The van der Waals surface area contributed by atoms with Gasteiger partial charge in [-0.15, -0.1) is 0 Å². The zero-order valence-corrected chi connectivity index (χ0v) is 19.3. The van der Waals surface area contributed by atoms with Gasteiger partial charge in [0, 0.05) is 35.5 Å². The van der Waals surface area contributed by atoms with E-state index in [4.69, 9.17) is 15.2 Å². The second kappa shape index (κ2) is 10.5. The highest BCUT2D eigenvalue weighted by molar-refractivity contribution is 5.93. The van der Waals surface area contributed by atoms with Gasteiger partial charge in [0.1, 0.15) is 23.7 Å². The van der Waals surface area contributed by atoms with Gasteiger partial charge >= 0.3 is 0 Å². The van der Waals surface area contributed by atoms with Gasteiger partial charge in [-0.25, -0.2) is 14.4 Å². The van der Waals surface area contributed by atoms with E-state index in [0.717, 1.165) is 5.56 Å². The fourth-order valence-electron chi connectivity index (χ4n) is 3.35. The van der Waals surface area contributed by atoms with E-state index in [1.54, 1.807) is 50.4 Å². The molecule has 1 heterocycles. The molecule has 0 atom stereocenters. The molecule has 0 saturated heterocycles. The Bertz CT molecular complexity index is 1440. The lowest BCUT2D eigenvalue weighted by atomic mass is 10.1. The van der Waals surface area contributed by atoms with Gasteiger partial charge in [-0.05, 0) is 61.0 Å². The number of amides is 1. The number of methoxy groups -OCH3 is 1. The number of rotatable bonds is 7. The van der Waals surface area contributed by atoms with Crippen molar-refractivity contribution in [1.82, 2.24) is 9.97 Å². The zero-order chi connectivity index (χ0) is 24.8. The summed E-state index contributed by atoms with van der Waals surface area (Å²) in [5.41, 5.74) is 7.81. The highest BCUT2D eigenvalue weighted by atomic mass is 19.1. The molecule has 0 bridgehead atoms. The van der Waals surface area contributed by atoms with Crippen molar-refractivity contribution in [3.05, 3.63) is 77.9 Å². The third kappa shape index (κ3) is 5.84. The maximum absolute atomic E-state index is 13.7. The normalized spacial score (nSPS) is 10.4. The molecule has 0 saturated carbocycles. The van der Waals surface area contributed by atoms with Crippen LogP contribution in [0.2, 0.25) is 0 Å². The Morgan fingerprint density at radius 3 is 2.60 bits per heavy atom. The van der Waals surface area contributed by atoms with Crippen LogP contribution in [0.3, 0.4) is 0 Å². The van der Waals surface area contributed by atoms with E-state index in [2.05, 4.69) is 27.1 Å². The molecule has 35 heavy (non-hydrogen) atoms. The average Bonchev–Trinajstić information content (AvgIpc) is 2.85. The first-order valence-corrected chi connectivity index (χ1v) is 10.8. The fourth-order valence-corrected chi connectivity index (χ4v) is 3.35. The predicted molar refractivity (Wildman–Crippen MR) is 132 cm³/mol. The summed E-state index contributed by atoms with van der Waals surface area (Å²) >= 11 is 0. The standard InChI is InChI=1S/C27H23FN4O3/c1-17-13-19(9-12-22(17)28)32-27-21-14-25(24(34-2)15-23(21)30-16-31-27)35-20-10-7-18(8-11-20)5-3-4-6-26(29)33/h7-16H,4,6H2,1-2H3,(H2,29,33)(H,30,31,32). The number of carbonyl (C=O) groups excluding carboxylic acids is 1. The Labute approximate surface area is 202 Å². The predicted octanol–water partition coefficient (Wildman–Crippen LogP) is 5.24. The Morgan fingerprint density at radius 1 is 1.09 bits per heavy atom. The summed E-state index contributed by atoms with van der Waals surface area (Å²) in [4.78, 5) is 19.5. The van der Waals surface area contributed by atoms with Crippen LogP contribution in [0.5, 0.6) is 17.2 Å². The van der Waals surface area contributed by atoms with Crippen molar-refractivity contribution in [2.75, 3.05) is 12.4 Å². The van der Waals surface area contributed by atoms with Crippen molar-refractivity contribution in [3.8, 4) is 29.1 Å². The van der Waals surface area contributed by atoms with Gasteiger partial charge in [0.25, 0.3) is 0 Å². The second-order valence-corrected chi connectivity index (χ2v) is 7.73. The smallest absolute Gasteiger partial charge is 0.218 e. The number of aryl methyl sites for hydroxylation is 1. The number of ether oxygens (including phenoxy) is 2. The number of primary amides is 1. The van der Waals surface area contributed by atoms with Crippen LogP contribution in [0, 0.1) is 24.6 Å². The van der Waals surface area contributed by atoms with Gasteiger partial charge in [-0.2, -0.15) is 0 Å². The van der Waals surface area contributed by atoms with Crippen LogP contribution in [-0.4, -0.2) is 23.0 Å². The van der Waals surface area contributed by atoms with Gasteiger partial charge < -0.3 is 20.5 Å². The van der Waals surface area contributed by atoms with Gasteiger partial charge in [0.2, 0.25) is 5.91 Å². The number of hydrogen-bond acceptors (Lipinski definition) is 6. The molecule has 0 unspecified atom stereocenters. The monoisotopic (exact) mass is 470 g/mol. The van der Waals surface area contributed by atoms with E-state index >= 15 is 0 Å². The van der Waals surface area contributed by atoms with E-state index in [1.807, 2.05) is 12.1 Å². The molecule has 7 nitrogen and oxygen atoms in total. The number of nitrogens with two attached hydrogens (primary N) is 1. The molecule has 1 amide bonds. The van der Waals surface area contributed by atoms with Gasteiger partial charge in [-0.1, -0.05) is 11.8 Å². The molecular weight excluding hydrogens is 447 g/mol. The van der Waals surface area contributed by atoms with Crippen LogP contribution >= 0.6 is 0 Å². The van der Waals surface area contributed by atoms with Gasteiger partial charge in [0.05, 0.1) is 12.6 Å². The number of anilines is 2. The second-order valence-electron chi connectivity index (χ2n) is 7.73. The third-order valence-electron chi connectivity index (χ3n) is 5.15. The molecular formula is C27H23FN4O3. The number of halogens is 1. The minimum Gasteiger partial charge on any atom is -0.493 e. The SMILES string of the molecule is COc1cc2ncnc(Nc3ccc(F)c(C)c3)c2cc1Oc1ccc(C#CCCC(N)=O)cc1. The summed E-state index contributed by atoms with van der Waals surface area (Å²) in [6, 6.07) is 15.6. The Balaban J connectivity index is 1.60. The maximum Gasteiger partial charge on any atom is 0.218 e. The summed E-state index contributed by atoms with van der Waals surface area (Å²) in [7, 11) is 1.56. The lowest BCUT2D eigenvalue weighted by Crippen LogP contribution is -2.08. The first-order chi connectivity index (χ1) is 16.9. The largest absolute Gasteiger partial charge is 0.493 e. The summed E-state index contributed by atoms with van der Waals surface area (Å²) in [5.74, 6) is 7.40.